The Balaban J connectivity index is 2.00. The number of carbonyl (C=O) groups is 2. The highest BCUT2D eigenvalue weighted by Crippen LogP contribution is 2.35. The summed E-state index contributed by atoms with van der Waals surface area (Å²) in [6.07, 6.45) is 1.22. The first-order chi connectivity index (χ1) is 9.68. The zero-order valence-corrected chi connectivity index (χ0v) is 11.2. The number of aromatic amines is 1. The zero-order chi connectivity index (χ0) is 14.1. The number of carbonyl (C=O) groups excluding carboxylic acids is 1. The first kappa shape index (κ1) is 12.7. The number of anilines is 1. The highest BCUT2D eigenvalue weighted by Gasteiger charge is 2.28. The fraction of sp³-hybridized carbons (Fsp3) is 0.154. The van der Waals surface area contributed by atoms with E-state index in [0.29, 0.717) is 6.54 Å². The van der Waals surface area contributed by atoms with E-state index in [4.69, 9.17) is 5.11 Å². The van der Waals surface area contributed by atoms with Gasteiger partial charge >= 0.3 is 5.97 Å². The van der Waals surface area contributed by atoms with Crippen LogP contribution in [0.4, 0.5) is 5.69 Å². The summed E-state index contributed by atoms with van der Waals surface area (Å²) in [6.45, 7) is 0.534. The van der Waals surface area contributed by atoms with Crippen molar-refractivity contribution in [3.63, 3.8) is 0 Å². The predicted octanol–water partition coefficient (Wildman–Crippen LogP) is 1.86. The smallest absolute Gasteiger partial charge is 0.354 e. The van der Waals surface area contributed by atoms with Crippen molar-refractivity contribution in [1.82, 2.24) is 9.97 Å². The second kappa shape index (κ2) is 5.01. The lowest BCUT2D eigenvalue weighted by Gasteiger charge is -2.28. The summed E-state index contributed by atoms with van der Waals surface area (Å²) < 4.78 is 0. The molecular formula is C13H11N3O3S. The Kier molecular flexibility index (Phi) is 3.19. The van der Waals surface area contributed by atoms with E-state index < -0.39 is 11.9 Å². The zero-order valence-electron chi connectivity index (χ0n) is 10.4. The number of benzene rings is 1. The highest BCUT2D eigenvalue weighted by atomic mass is 32.2. The maximum atomic E-state index is 12.5. The standard InChI is InChI=1S/C13H11N3O3S/c17-12(10-11(13(18)19)15-7-14-10)16-5-6-20-9-4-2-1-3-8(9)16/h1-4,7H,5-6H2,(H,14,15)(H,18,19). The largest absolute Gasteiger partial charge is 0.477 e. The van der Waals surface area contributed by atoms with Gasteiger partial charge in [0.1, 0.15) is 0 Å². The number of hydrogen-bond donors (Lipinski definition) is 2. The summed E-state index contributed by atoms with van der Waals surface area (Å²) in [5, 5.41) is 9.05. The molecule has 0 fully saturated rings. The Morgan fingerprint density at radius 2 is 2.15 bits per heavy atom. The van der Waals surface area contributed by atoms with Gasteiger partial charge in [-0.25, -0.2) is 9.78 Å². The van der Waals surface area contributed by atoms with Crippen molar-refractivity contribution in [3.05, 3.63) is 42.0 Å². The van der Waals surface area contributed by atoms with E-state index in [9.17, 15) is 9.59 Å². The SMILES string of the molecule is O=C(O)c1[nH]cnc1C(=O)N1CCSc2ccccc21. The van der Waals surface area contributed by atoms with Gasteiger partial charge in [0.2, 0.25) is 0 Å². The van der Waals surface area contributed by atoms with Crippen molar-refractivity contribution in [2.75, 3.05) is 17.2 Å². The van der Waals surface area contributed by atoms with Crippen LogP contribution in [0.15, 0.2) is 35.5 Å². The molecule has 1 aromatic heterocycles. The van der Waals surface area contributed by atoms with E-state index in [1.807, 2.05) is 24.3 Å². The average Bonchev–Trinajstić information content (AvgIpc) is 2.95. The number of carboxylic acid groups (broad SMARTS) is 1. The van der Waals surface area contributed by atoms with Crippen molar-refractivity contribution < 1.29 is 14.7 Å². The topological polar surface area (TPSA) is 86.3 Å². The van der Waals surface area contributed by atoms with Gasteiger partial charge in [-0.05, 0) is 12.1 Å². The van der Waals surface area contributed by atoms with Crippen molar-refractivity contribution in [2.24, 2.45) is 0 Å². The maximum Gasteiger partial charge on any atom is 0.354 e. The number of nitrogens with one attached hydrogen (secondary N) is 1. The molecule has 3 rings (SSSR count). The lowest BCUT2D eigenvalue weighted by Crippen LogP contribution is -2.36. The van der Waals surface area contributed by atoms with Gasteiger partial charge in [-0.15, -0.1) is 11.8 Å². The number of aromatic nitrogens is 2. The first-order valence-corrected chi connectivity index (χ1v) is 6.97. The number of carboxylic acids is 1. The van der Waals surface area contributed by atoms with Gasteiger partial charge in [-0.1, -0.05) is 12.1 Å². The van der Waals surface area contributed by atoms with E-state index in [2.05, 4.69) is 9.97 Å². The molecule has 20 heavy (non-hydrogen) atoms. The monoisotopic (exact) mass is 289 g/mol. The van der Waals surface area contributed by atoms with Gasteiger partial charge in [-0.2, -0.15) is 0 Å². The van der Waals surface area contributed by atoms with Gasteiger partial charge in [-0.3, -0.25) is 4.79 Å². The molecule has 0 unspecified atom stereocenters. The van der Waals surface area contributed by atoms with Crippen molar-refractivity contribution >= 4 is 29.3 Å². The molecule has 1 aromatic carbocycles. The fourth-order valence-corrected chi connectivity index (χ4v) is 3.12. The highest BCUT2D eigenvalue weighted by molar-refractivity contribution is 7.99. The lowest BCUT2D eigenvalue weighted by atomic mass is 10.2. The molecule has 0 atom stereocenters. The van der Waals surface area contributed by atoms with Gasteiger partial charge in [0.05, 0.1) is 12.0 Å². The lowest BCUT2D eigenvalue weighted by molar-refractivity contribution is 0.0686. The minimum atomic E-state index is -1.19. The van der Waals surface area contributed by atoms with Crippen LogP contribution in [0, 0.1) is 0 Å². The first-order valence-electron chi connectivity index (χ1n) is 5.99. The molecule has 0 bridgehead atoms. The second-order valence-corrected chi connectivity index (χ2v) is 5.34. The Labute approximate surface area is 118 Å². The summed E-state index contributed by atoms with van der Waals surface area (Å²) >= 11 is 1.68. The normalized spacial score (nSPS) is 13.9. The van der Waals surface area contributed by atoms with Gasteiger partial charge in [0.15, 0.2) is 11.4 Å². The van der Waals surface area contributed by atoms with Crippen LogP contribution in [0.25, 0.3) is 0 Å². The summed E-state index contributed by atoms with van der Waals surface area (Å²) in [5.74, 6) is -0.808. The molecule has 0 saturated carbocycles. The molecule has 2 heterocycles. The molecule has 7 heteroatoms. The van der Waals surface area contributed by atoms with Crippen LogP contribution in [0.3, 0.4) is 0 Å². The number of nitrogens with zero attached hydrogens (tertiary/aromatic N) is 2. The van der Waals surface area contributed by atoms with Crippen molar-refractivity contribution in [2.45, 2.75) is 4.90 Å². The van der Waals surface area contributed by atoms with Gasteiger partial charge in [0.25, 0.3) is 5.91 Å². The molecule has 1 amide bonds. The third-order valence-electron chi connectivity index (χ3n) is 3.03. The summed E-state index contributed by atoms with van der Waals surface area (Å²) in [6, 6.07) is 7.57. The molecule has 2 N–H and O–H groups in total. The Morgan fingerprint density at radius 1 is 1.35 bits per heavy atom. The van der Waals surface area contributed by atoms with Crippen LogP contribution in [-0.2, 0) is 0 Å². The van der Waals surface area contributed by atoms with E-state index in [1.165, 1.54) is 6.33 Å². The van der Waals surface area contributed by atoms with Crippen LogP contribution in [-0.4, -0.2) is 39.2 Å². The fourth-order valence-electron chi connectivity index (χ4n) is 2.13. The number of aromatic carboxylic acids is 1. The van der Waals surface area contributed by atoms with E-state index in [0.717, 1.165) is 16.3 Å². The molecule has 6 nitrogen and oxygen atoms in total. The van der Waals surface area contributed by atoms with Crippen LogP contribution in [0.2, 0.25) is 0 Å². The van der Waals surface area contributed by atoms with E-state index >= 15 is 0 Å². The molecule has 102 valence electrons. The number of amides is 1. The predicted molar refractivity (Wildman–Crippen MR) is 74.4 cm³/mol. The van der Waals surface area contributed by atoms with E-state index in [1.54, 1.807) is 16.7 Å². The molecule has 0 radical (unpaired) electrons. The summed E-state index contributed by atoms with van der Waals surface area (Å²) in [7, 11) is 0. The van der Waals surface area contributed by atoms with E-state index in [-0.39, 0.29) is 11.4 Å². The number of imidazole rings is 1. The quantitative estimate of drug-likeness (QED) is 0.881. The molecule has 1 aliphatic heterocycles. The Morgan fingerprint density at radius 3 is 2.95 bits per heavy atom. The Hall–Kier alpha value is -2.28. The number of para-hydroxylation sites is 1. The second-order valence-electron chi connectivity index (χ2n) is 4.20. The molecule has 0 spiro atoms. The van der Waals surface area contributed by atoms with Gasteiger partial charge < -0.3 is 15.0 Å². The van der Waals surface area contributed by atoms with Crippen LogP contribution in [0.1, 0.15) is 21.0 Å². The summed E-state index contributed by atoms with van der Waals surface area (Å²) in [4.78, 5) is 32.5. The molecule has 0 aliphatic carbocycles. The molecule has 1 aliphatic rings. The number of H-pyrrole nitrogens is 1. The Bertz CT molecular complexity index is 683. The van der Waals surface area contributed by atoms with Crippen molar-refractivity contribution in [1.29, 1.82) is 0 Å². The van der Waals surface area contributed by atoms with Crippen molar-refractivity contribution in [3.8, 4) is 0 Å². The third-order valence-corrected chi connectivity index (χ3v) is 4.07. The third kappa shape index (κ3) is 2.05. The van der Waals surface area contributed by atoms with Crippen LogP contribution < -0.4 is 4.90 Å². The molecular weight excluding hydrogens is 278 g/mol. The molecule has 0 saturated heterocycles. The minimum absolute atomic E-state index is 0.0563. The number of fused-ring (bicyclic) bond motifs is 1. The number of hydrogen-bond acceptors (Lipinski definition) is 4. The number of thioether (sulfide) groups is 1. The minimum Gasteiger partial charge on any atom is -0.477 e. The van der Waals surface area contributed by atoms with Gasteiger partial charge in [0, 0.05) is 17.2 Å². The summed E-state index contributed by atoms with van der Waals surface area (Å²) in [5.41, 5.74) is 0.568. The molecule has 2 aromatic rings. The maximum absolute atomic E-state index is 12.5. The average molecular weight is 289 g/mol. The number of rotatable bonds is 2. The van der Waals surface area contributed by atoms with Crippen LogP contribution >= 0.6 is 11.8 Å². The van der Waals surface area contributed by atoms with Crippen LogP contribution in [0.5, 0.6) is 0 Å².